The van der Waals surface area contributed by atoms with E-state index in [1.54, 1.807) is 36.7 Å². The number of benzene rings is 2. The van der Waals surface area contributed by atoms with Gasteiger partial charge in [-0.25, -0.2) is 4.98 Å². The minimum absolute atomic E-state index is 0.281. The second-order valence-electron chi connectivity index (χ2n) is 7.77. The molecule has 0 aliphatic carbocycles. The van der Waals surface area contributed by atoms with E-state index in [4.69, 9.17) is 4.98 Å². The summed E-state index contributed by atoms with van der Waals surface area (Å²) >= 11 is 0. The molecule has 1 amide bonds. The molecule has 0 unspecified atom stereocenters. The van der Waals surface area contributed by atoms with Crippen molar-refractivity contribution in [3.05, 3.63) is 84.2 Å². The average molecular weight is 460 g/mol. The van der Waals surface area contributed by atoms with Gasteiger partial charge in [-0.3, -0.25) is 14.1 Å². The molecule has 5 rings (SSSR count). The molecule has 1 aliphatic heterocycles. The summed E-state index contributed by atoms with van der Waals surface area (Å²) in [5, 5.41) is 3.88. The minimum atomic E-state index is -3.50. The first-order chi connectivity index (χ1) is 15.9. The largest absolute Gasteiger partial charge is 0.322 e. The summed E-state index contributed by atoms with van der Waals surface area (Å²) in [6.07, 6.45) is 3.49. The number of hydrogen-bond donors (Lipinski definition) is 2. The smallest absolute Gasteiger partial charge is 0.301 e. The first kappa shape index (κ1) is 21.0. The van der Waals surface area contributed by atoms with Gasteiger partial charge in [0.25, 0.3) is 5.91 Å². The summed E-state index contributed by atoms with van der Waals surface area (Å²) in [6, 6.07) is 18.0. The van der Waals surface area contributed by atoms with Gasteiger partial charge in [-0.2, -0.15) is 13.1 Å². The number of pyridine rings is 2. The van der Waals surface area contributed by atoms with E-state index >= 15 is 0 Å². The Balaban J connectivity index is 1.37. The Kier molecular flexibility index (Phi) is 5.27. The molecule has 0 spiro atoms. The molecule has 0 bridgehead atoms. The third kappa shape index (κ3) is 4.15. The minimum Gasteiger partial charge on any atom is -0.322 e. The zero-order valence-corrected chi connectivity index (χ0v) is 18.6. The Morgan fingerprint density at radius 1 is 1.06 bits per heavy atom. The SMILES string of the molecule is Cc1ccc(NC(=O)c2ccc(N3CCNS3(=O)=O)cc2)cc1-c1ccc2cnccc2n1. The van der Waals surface area contributed by atoms with Crippen LogP contribution in [0.4, 0.5) is 11.4 Å². The van der Waals surface area contributed by atoms with Crippen LogP contribution in [0.1, 0.15) is 15.9 Å². The summed E-state index contributed by atoms with van der Waals surface area (Å²) in [6.45, 7) is 2.72. The summed E-state index contributed by atoms with van der Waals surface area (Å²) < 4.78 is 27.7. The van der Waals surface area contributed by atoms with Crippen molar-refractivity contribution in [3.8, 4) is 11.3 Å². The molecule has 2 N–H and O–H groups in total. The lowest BCUT2D eigenvalue weighted by Gasteiger charge is -2.16. The van der Waals surface area contributed by atoms with Crippen LogP contribution in [-0.4, -0.2) is 37.4 Å². The van der Waals surface area contributed by atoms with E-state index in [1.165, 1.54) is 4.31 Å². The van der Waals surface area contributed by atoms with Crippen molar-refractivity contribution >= 4 is 38.4 Å². The van der Waals surface area contributed by atoms with E-state index in [9.17, 15) is 13.2 Å². The number of nitrogens with zero attached hydrogens (tertiary/aromatic N) is 3. The number of anilines is 2. The van der Waals surface area contributed by atoms with Gasteiger partial charge in [0, 0.05) is 47.7 Å². The Labute approximate surface area is 191 Å². The molecule has 0 radical (unpaired) electrons. The standard InChI is InChI=1S/C24H21N5O3S/c1-16-2-6-19(14-21(16)23-9-5-18-15-25-11-10-22(18)28-23)27-24(30)17-3-7-20(8-4-17)29-13-12-26-33(29,31)32/h2-11,14-15,26H,12-13H2,1H3,(H,27,30). The van der Waals surface area contributed by atoms with Gasteiger partial charge in [0.1, 0.15) is 0 Å². The van der Waals surface area contributed by atoms with Crippen LogP contribution in [0, 0.1) is 6.92 Å². The Bertz CT molecular complexity index is 1470. The maximum Gasteiger partial charge on any atom is 0.301 e. The van der Waals surface area contributed by atoms with Gasteiger partial charge in [-0.15, -0.1) is 0 Å². The van der Waals surface area contributed by atoms with Gasteiger partial charge in [0.2, 0.25) is 0 Å². The number of aryl methyl sites for hydroxylation is 1. The number of rotatable bonds is 4. The highest BCUT2D eigenvalue weighted by Crippen LogP contribution is 2.27. The number of amides is 1. The van der Waals surface area contributed by atoms with Crippen molar-refractivity contribution in [2.45, 2.75) is 6.92 Å². The summed E-state index contributed by atoms with van der Waals surface area (Å²) in [7, 11) is -3.50. The molecule has 8 nitrogen and oxygen atoms in total. The highest BCUT2D eigenvalue weighted by atomic mass is 32.2. The molecule has 33 heavy (non-hydrogen) atoms. The van der Waals surface area contributed by atoms with E-state index in [1.807, 2.05) is 43.3 Å². The van der Waals surface area contributed by atoms with Gasteiger partial charge in [-0.05, 0) is 67.1 Å². The predicted octanol–water partition coefficient (Wildman–Crippen LogP) is 3.51. The van der Waals surface area contributed by atoms with Crippen LogP contribution in [0.15, 0.2) is 73.1 Å². The maximum absolute atomic E-state index is 12.8. The Hall–Kier alpha value is -3.82. The number of aromatic nitrogens is 2. The summed E-state index contributed by atoms with van der Waals surface area (Å²) in [5.41, 5.74) is 5.23. The highest BCUT2D eigenvalue weighted by Gasteiger charge is 2.27. The van der Waals surface area contributed by atoms with Crippen LogP contribution in [0.5, 0.6) is 0 Å². The Morgan fingerprint density at radius 3 is 2.64 bits per heavy atom. The summed E-state index contributed by atoms with van der Waals surface area (Å²) in [4.78, 5) is 21.7. The van der Waals surface area contributed by atoms with E-state index in [0.29, 0.717) is 30.0 Å². The van der Waals surface area contributed by atoms with Crippen LogP contribution in [0.25, 0.3) is 22.2 Å². The fourth-order valence-corrected chi connectivity index (χ4v) is 5.05. The van der Waals surface area contributed by atoms with Gasteiger partial charge in [0.05, 0.1) is 16.9 Å². The summed E-state index contributed by atoms with van der Waals surface area (Å²) in [5.74, 6) is -0.281. The molecule has 0 saturated carbocycles. The van der Waals surface area contributed by atoms with Crippen molar-refractivity contribution in [3.63, 3.8) is 0 Å². The van der Waals surface area contributed by atoms with Crippen LogP contribution in [0.3, 0.4) is 0 Å². The van der Waals surface area contributed by atoms with Crippen molar-refractivity contribution in [1.82, 2.24) is 14.7 Å². The first-order valence-electron chi connectivity index (χ1n) is 10.4. The second kappa shape index (κ2) is 8.27. The molecule has 0 atom stereocenters. The molecule has 3 heterocycles. The van der Waals surface area contributed by atoms with Crippen LogP contribution in [-0.2, 0) is 10.2 Å². The Morgan fingerprint density at radius 2 is 1.88 bits per heavy atom. The number of carbonyl (C=O) groups is 1. The van der Waals surface area contributed by atoms with Crippen molar-refractivity contribution < 1.29 is 13.2 Å². The third-order valence-corrected chi connectivity index (χ3v) is 7.11. The average Bonchev–Trinajstić information content (AvgIpc) is 3.19. The normalized spacial score (nSPS) is 15.0. The zero-order valence-electron chi connectivity index (χ0n) is 17.8. The highest BCUT2D eigenvalue weighted by molar-refractivity contribution is 7.91. The topological polar surface area (TPSA) is 104 Å². The molecular weight excluding hydrogens is 438 g/mol. The molecule has 1 fully saturated rings. The van der Waals surface area contributed by atoms with E-state index in [-0.39, 0.29) is 5.91 Å². The van der Waals surface area contributed by atoms with Gasteiger partial charge in [-0.1, -0.05) is 6.07 Å². The maximum atomic E-state index is 12.8. The monoisotopic (exact) mass is 459 g/mol. The van der Waals surface area contributed by atoms with Crippen molar-refractivity contribution in [2.24, 2.45) is 0 Å². The van der Waals surface area contributed by atoms with Gasteiger partial charge < -0.3 is 5.32 Å². The quantitative estimate of drug-likeness (QED) is 0.486. The molecule has 2 aromatic heterocycles. The molecular formula is C24H21N5O3S. The molecule has 4 aromatic rings. The fourth-order valence-electron chi connectivity index (χ4n) is 3.82. The molecule has 2 aromatic carbocycles. The molecule has 1 aliphatic rings. The van der Waals surface area contributed by atoms with Crippen molar-refractivity contribution in [2.75, 3.05) is 22.7 Å². The number of nitrogens with one attached hydrogen (secondary N) is 2. The first-order valence-corrected chi connectivity index (χ1v) is 11.9. The number of hydrogen-bond acceptors (Lipinski definition) is 5. The van der Waals surface area contributed by atoms with Gasteiger partial charge in [0.15, 0.2) is 0 Å². The molecule has 166 valence electrons. The number of fused-ring (bicyclic) bond motifs is 1. The van der Waals surface area contributed by atoms with Crippen LogP contribution < -0.4 is 14.3 Å². The fraction of sp³-hybridized carbons (Fsp3) is 0.125. The predicted molar refractivity (Wildman–Crippen MR) is 128 cm³/mol. The lowest BCUT2D eigenvalue weighted by Crippen LogP contribution is -2.29. The van der Waals surface area contributed by atoms with Crippen LogP contribution in [0.2, 0.25) is 0 Å². The number of carbonyl (C=O) groups excluding carboxylic acids is 1. The van der Waals surface area contributed by atoms with E-state index in [2.05, 4.69) is 15.0 Å². The zero-order chi connectivity index (χ0) is 23.0. The molecule has 1 saturated heterocycles. The molecule has 9 heteroatoms. The second-order valence-corrected chi connectivity index (χ2v) is 9.45. The van der Waals surface area contributed by atoms with Crippen molar-refractivity contribution in [1.29, 1.82) is 0 Å². The van der Waals surface area contributed by atoms with Crippen LogP contribution >= 0.6 is 0 Å². The lowest BCUT2D eigenvalue weighted by molar-refractivity contribution is 0.102. The lowest BCUT2D eigenvalue weighted by atomic mass is 10.0. The van der Waals surface area contributed by atoms with E-state index < -0.39 is 10.2 Å². The third-order valence-electron chi connectivity index (χ3n) is 5.57. The van der Waals surface area contributed by atoms with E-state index in [0.717, 1.165) is 27.7 Å². The van der Waals surface area contributed by atoms with Gasteiger partial charge >= 0.3 is 10.2 Å².